The summed E-state index contributed by atoms with van der Waals surface area (Å²) in [6, 6.07) is 0. The Balaban J connectivity index is 5.20. The molecule has 19 heteroatoms. The van der Waals surface area contributed by atoms with Gasteiger partial charge in [-0.15, -0.1) is 0 Å². The van der Waals surface area contributed by atoms with Gasteiger partial charge in [-0.05, 0) is 43.4 Å². The summed E-state index contributed by atoms with van der Waals surface area (Å²) in [6.45, 7) is 12.0. The van der Waals surface area contributed by atoms with E-state index in [2.05, 4.69) is 48.5 Å². The van der Waals surface area contributed by atoms with Crippen molar-refractivity contribution in [3.05, 3.63) is 0 Å². The van der Waals surface area contributed by atoms with Crippen LogP contribution in [0.4, 0.5) is 0 Å². The Bertz CT molecular complexity index is 1920. The summed E-state index contributed by atoms with van der Waals surface area (Å²) in [5.41, 5.74) is 0. The van der Waals surface area contributed by atoms with Crippen LogP contribution in [-0.4, -0.2) is 96.7 Å². The molecule has 0 bridgehead atoms. The Morgan fingerprint density at radius 2 is 0.465 bits per heavy atom. The maximum atomic E-state index is 13.1. The Hall–Kier alpha value is -1.94. The fraction of sp³-hybridized carbons (Fsp3) is 0.950. The van der Waals surface area contributed by atoms with Gasteiger partial charge in [0, 0.05) is 25.7 Å². The van der Waals surface area contributed by atoms with Crippen LogP contribution in [0.25, 0.3) is 0 Å². The second kappa shape index (κ2) is 70.4. The number of phosphoric ester groups is 2. The van der Waals surface area contributed by atoms with Crippen LogP contribution in [0.2, 0.25) is 0 Å². The van der Waals surface area contributed by atoms with Crippen molar-refractivity contribution in [1.82, 2.24) is 0 Å². The molecule has 0 aliphatic heterocycles. The molecule has 0 aromatic rings. The molecular weight excluding hydrogens is 1290 g/mol. The highest BCUT2D eigenvalue weighted by atomic mass is 31.2. The van der Waals surface area contributed by atoms with Crippen LogP contribution in [0.5, 0.6) is 0 Å². The lowest BCUT2D eigenvalue weighted by molar-refractivity contribution is -0.161. The predicted octanol–water partition coefficient (Wildman–Crippen LogP) is 23.7. The molecule has 0 heterocycles. The Morgan fingerprint density at radius 3 is 0.687 bits per heavy atom. The van der Waals surface area contributed by atoms with Gasteiger partial charge in [-0.2, -0.15) is 0 Å². The number of hydrogen-bond acceptors (Lipinski definition) is 15. The average Bonchev–Trinajstić information content (AvgIpc) is 0.951. The molecule has 0 aromatic carbocycles. The minimum atomic E-state index is -4.96. The van der Waals surface area contributed by atoms with Gasteiger partial charge < -0.3 is 33.8 Å². The average molecular weight is 1450 g/mol. The quantitative estimate of drug-likeness (QED) is 0.0222. The van der Waals surface area contributed by atoms with Crippen LogP contribution in [0.1, 0.15) is 414 Å². The van der Waals surface area contributed by atoms with Gasteiger partial charge in [0.05, 0.1) is 26.4 Å². The van der Waals surface area contributed by atoms with Crippen molar-refractivity contribution >= 4 is 39.5 Å². The van der Waals surface area contributed by atoms with E-state index in [9.17, 15) is 43.2 Å². The summed E-state index contributed by atoms with van der Waals surface area (Å²) < 4.78 is 68.6. The first kappa shape index (κ1) is 97.1. The molecule has 0 amide bonds. The second-order valence-electron chi connectivity index (χ2n) is 30.2. The number of aliphatic hydroxyl groups excluding tert-OH is 1. The molecule has 0 saturated heterocycles. The molecule has 99 heavy (non-hydrogen) atoms. The van der Waals surface area contributed by atoms with E-state index in [1.165, 1.54) is 218 Å². The number of aliphatic hydroxyl groups is 1. The molecule has 5 atom stereocenters. The van der Waals surface area contributed by atoms with Crippen molar-refractivity contribution in [3.63, 3.8) is 0 Å². The standard InChI is InChI=1S/C80H156O17P2/c1-8-9-10-11-12-40-47-54-61-77(82)90-67-75(96-80(85)64-57-50-43-36-30-24-27-33-39-46-53-60-73(6)7)69-94-98(86,87)92-65-74(81)66-93-99(88,89)95-70-76(68-91-78(83)62-55-48-41-34-28-23-19-21-26-32-38-45-52-59-72(4)5)97-79(84)63-56-49-42-35-29-22-18-16-14-13-15-17-20-25-31-37-44-51-58-71(2)3/h71-76,81H,8-70H2,1-7H3,(H,86,87)(H,88,89)/t74-,75+,76+/m0/s1. The van der Waals surface area contributed by atoms with Gasteiger partial charge in [-0.25, -0.2) is 9.13 Å². The molecule has 0 aromatic heterocycles. The first-order chi connectivity index (χ1) is 47.7. The first-order valence-corrected chi connectivity index (χ1v) is 44.3. The third-order valence-electron chi connectivity index (χ3n) is 18.6. The van der Waals surface area contributed by atoms with Crippen LogP contribution in [0.15, 0.2) is 0 Å². The summed E-state index contributed by atoms with van der Waals surface area (Å²) >= 11 is 0. The van der Waals surface area contributed by atoms with E-state index in [1.54, 1.807) is 0 Å². The zero-order chi connectivity index (χ0) is 73.0. The number of phosphoric acid groups is 2. The third kappa shape index (κ3) is 74.1. The van der Waals surface area contributed by atoms with Crippen LogP contribution in [0.3, 0.4) is 0 Å². The van der Waals surface area contributed by atoms with Gasteiger partial charge in [-0.1, -0.05) is 363 Å². The van der Waals surface area contributed by atoms with E-state index in [0.29, 0.717) is 25.7 Å². The second-order valence-corrected chi connectivity index (χ2v) is 33.1. The Labute approximate surface area is 607 Å². The van der Waals surface area contributed by atoms with E-state index in [1.807, 2.05) is 0 Å². The van der Waals surface area contributed by atoms with Gasteiger partial charge in [0.15, 0.2) is 12.2 Å². The predicted molar refractivity (Wildman–Crippen MR) is 405 cm³/mol. The molecular formula is C80H156O17P2. The fourth-order valence-corrected chi connectivity index (χ4v) is 13.9. The molecule has 0 spiro atoms. The number of esters is 4. The zero-order valence-corrected chi connectivity index (χ0v) is 66.8. The number of carbonyl (C=O) groups is 4. The summed E-state index contributed by atoms with van der Waals surface area (Å²) in [6.07, 6.45) is 58.4. The van der Waals surface area contributed by atoms with Crippen molar-refractivity contribution in [2.45, 2.75) is 433 Å². The largest absolute Gasteiger partial charge is 0.472 e. The highest BCUT2D eigenvalue weighted by molar-refractivity contribution is 7.47. The molecule has 0 radical (unpaired) electrons. The van der Waals surface area contributed by atoms with Gasteiger partial charge in [0.25, 0.3) is 0 Å². The van der Waals surface area contributed by atoms with Crippen LogP contribution in [0, 0.1) is 17.8 Å². The molecule has 17 nitrogen and oxygen atoms in total. The maximum Gasteiger partial charge on any atom is 0.472 e. The van der Waals surface area contributed by atoms with E-state index < -0.39 is 97.5 Å². The SMILES string of the molecule is CCCCCCCCCCC(=O)OC[C@H](COP(=O)(O)OC[C@H](O)COP(=O)(O)OC[C@@H](COC(=O)CCCCCCCCCCCCCCCC(C)C)OC(=O)CCCCCCCCCCCCCCCCCCCCC(C)C)OC(=O)CCCCCCCCCCCCCC(C)C. The molecule has 588 valence electrons. The third-order valence-corrected chi connectivity index (χ3v) is 20.5. The van der Waals surface area contributed by atoms with Gasteiger partial charge in [0.1, 0.15) is 19.3 Å². The number of unbranched alkanes of at least 4 members (excludes halogenated alkanes) is 46. The minimum Gasteiger partial charge on any atom is -0.462 e. The molecule has 0 saturated carbocycles. The van der Waals surface area contributed by atoms with Crippen molar-refractivity contribution in [3.8, 4) is 0 Å². The van der Waals surface area contributed by atoms with E-state index in [0.717, 1.165) is 114 Å². The smallest absolute Gasteiger partial charge is 0.462 e. The lowest BCUT2D eigenvalue weighted by Crippen LogP contribution is -2.30. The van der Waals surface area contributed by atoms with Gasteiger partial charge in [-0.3, -0.25) is 37.3 Å². The highest BCUT2D eigenvalue weighted by Crippen LogP contribution is 2.45. The van der Waals surface area contributed by atoms with Gasteiger partial charge in [0.2, 0.25) is 0 Å². The summed E-state index contributed by atoms with van der Waals surface area (Å²) in [5.74, 6) is 0.262. The number of rotatable bonds is 78. The van der Waals surface area contributed by atoms with Gasteiger partial charge >= 0.3 is 39.5 Å². The molecule has 0 aliphatic rings. The molecule has 2 unspecified atom stereocenters. The number of carbonyl (C=O) groups excluding carboxylic acids is 4. The van der Waals surface area contributed by atoms with Crippen LogP contribution < -0.4 is 0 Å². The molecule has 0 fully saturated rings. The molecule has 3 N–H and O–H groups in total. The van der Waals surface area contributed by atoms with Crippen molar-refractivity contribution < 1.29 is 80.2 Å². The zero-order valence-electron chi connectivity index (χ0n) is 65.0. The summed E-state index contributed by atoms with van der Waals surface area (Å²) in [4.78, 5) is 72.9. The van der Waals surface area contributed by atoms with E-state index in [4.69, 9.17) is 37.0 Å². The van der Waals surface area contributed by atoms with E-state index >= 15 is 0 Å². The molecule has 0 rings (SSSR count). The summed E-state index contributed by atoms with van der Waals surface area (Å²) in [7, 11) is -9.91. The lowest BCUT2D eigenvalue weighted by atomic mass is 10.0. The fourth-order valence-electron chi connectivity index (χ4n) is 12.3. The minimum absolute atomic E-state index is 0.106. The Morgan fingerprint density at radius 1 is 0.273 bits per heavy atom. The molecule has 0 aliphatic carbocycles. The van der Waals surface area contributed by atoms with Crippen LogP contribution >= 0.6 is 15.6 Å². The lowest BCUT2D eigenvalue weighted by Gasteiger charge is -2.21. The Kier molecular flexibility index (Phi) is 69.0. The van der Waals surface area contributed by atoms with E-state index in [-0.39, 0.29) is 25.7 Å². The number of ether oxygens (including phenoxy) is 4. The number of hydrogen-bond donors (Lipinski definition) is 3. The maximum absolute atomic E-state index is 13.1. The normalized spacial score (nSPS) is 14.0. The van der Waals surface area contributed by atoms with Crippen LogP contribution in [-0.2, 0) is 65.4 Å². The first-order valence-electron chi connectivity index (χ1n) is 41.3. The topological polar surface area (TPSA) is 237 Å². The summed E-state index contributed by atoms with van der Waals surface area (Å²) in [5, 5.41) is 10.6. The highest BCUT2D eigenvalue weighted by Gasteiger charge is 2.30. The van der Waals surface area contributed by atoms with Crippen molar-refractivity contribution in [2.75, 3.05) is 39.6 Å². The van der Waals surface area contributed by atoms with Crippen molar-refractivity contribution in [2.24, 2.45) is 17.8 Å². The monoisotopic (exact) mass is 1450 g/mol. The van der Waals surface area contributed by atoms with Crippen molar-refractivity contribution in [1.29, 1.82) is 0 Å².